The van der Waals surface area contributed by atoms with Gasteiger partial charge in [-0.3, -0.25) is 14.9 Å². The van der Waals surface area contributed by atoms with Crippen molar-refractivity contribution in [3.8, 4) is 0 Å². The van der Waals surface area contributed by atoms with E-state index >= 15 is 0 Å². The molecule has 0 saturated heterocycles. The van der Waals surface area contributed by atoms with E-state index in [2.05, 4.69) is 10.6 Å². The summed E-state index contributed by atoms with van der Waals surface area (Å²) in [7, 11) is 0. The highest BCUT2D eigenvalue weighted by Crippen LogP contribution is 2.27. The summed E-state index contributed by atoms with van der Waals surface area (Å²) in [6.07, 6.45) is 2.47. The molecule has 1 aliphatic carbocycles. The molecule has 1 aliphatic rings. The molecule has 1 aromatic rings. The summed E-state index contributed by atoms with van der Waals surface area (Å²) in [5, 5.41) is 16.7. The number of amides is 1. The minimum atomic E-state index is -0.435. The van der Waals surface area contributed by atoms with Crippen LogP contribution in [0, 0.1) is 29.9 Å². The third-order valence-electron chi connectivity index (χ3n) is 3.43. The number of nitro groups is 1. The number of carbonyl (C=O) groups is 1. The van der Waals surface area contributed by atoms with E-state index in [0.717, 1.165) is 12.1 Å². The van der Waals surface area contributed by atoms with Crippen LogP contribution in [0.4, 0.5) is 11.4 Å². The van der Waals surface area contributed by atoms with E-state index in [-0.39, 0.29) is 18.1 Å². The molecular weight excluding hydrogens is 258 g/mol. The maximum Gasteiger partial charge on any atom is 0.274 e. The van der Waals surface area contributed by atoms with E-state index in [4.69, 9.17) is 0 Å². The maximum atomic E-state index is 11.8. The fraction of sp³-hybridized carbons (Fsp3) is 0.500. The maximum absolute atomic E-state index is 11.8. The van der Waals surface area contributed by atoms with E-state index in [1.54, 1.807) is 13.0 Å². The SMILES string of the molecule is Cc1cc(C)c([N+](=O)[O-])cc1NC(=O)CNCC1CC1. The predicted molar refractivity (Wildman–Crippen MR) is 76.8 cm³/mol. The fourth-order valence-corrected chi connectivity index (χ4v) is 2.08. The predicted octanol–water partition coefficient (Wildman–Crippen LogP) is 2.15. The van der Waals surface area contributed by atoms with Crippen molar-refractivity contribution in [3.05, 3.63) is 33.4 Å². The third-order valence-corrected chi connectivity index (χ3v) is 3.43. The second-order valence-corrected chi connectivity index (χ2v) is 5.33. The average Bonchev–Trinajstić information content (AvgIpc) is 3.16. The number of aryl methyl sites for hydroxylation is 2. The zero-order valence-corrected chi connectivity index (χ0v) is 11.7. The first-order chi connectivity index (χ1) is 9.47. The van der Waals surface area contributed by atoms with Gasteiger partial charge >= 0.3 is 0 Å². The van der Waals surface area contributed by atoms with E-state index in [9.17, 15) is 14.9 Å². The monoisotopic (exact) mass is 277 g/mol. The van der Waals surface area contributed by atoms with Crippen LogP contribution in [0.25, 0.3) is 0 Å². The Morgan fingerprint density at radius 3 is 2.65 bits per heavy atom. The van der Waals surface area contributed by atoms with E-state index in [0.29, 0.717) is 17.2 Å². The first kappa shape index (κ1) is 14.5. The number of rotatable bonds is 6. The zero-order chi connectivity index (χ0) is 14.7. The third kappa shape index (κ3) is 3.77. The fourth-order valence-electron chi connectivity index (χ4n) is 2.08. The van der Waals surface area contributed by atoms with Gasteiger partial charge in [-0.05, 0) is 50.8 Å². The highest BCUT2D eigenvalue weighted by Gasteiger charge is 2.21. The lowest BCUT2D eigenvalue weighted by Gasteiger charge is -2.10. The van der Waals surface area contributed by atoms with Crippen LogP contribution in [0.2, 0.25) is 0 Å². The number of nitrogens with zero attached hydrogens (tertiary/aromatic N) is 1. The van der Waals surface area contributed by atoms with Gasteiger partial charge in [0.2, 0.25) is 5.91 Å². The molecule has 0 heterocycles. The summed E-state index contributed by atoms with van der Waals surface area (Å²) < 4.78 is 0. The Bertz CT molecular complexity index is 539. The van der Waals surface area contributed by atoms with Crippen LogP contribution in [0.15, 0.2) is 12.1 Å². The highest BCUT2D eigenvalue weighted by atomic mass is 16.6. The molecule has 108 valence electrons. The van der Waals surface area contributed by atoms with E-state index < -0.39 is 4.92 Å². The topological polar surface area (TPSA) is 84.3 Å². The number of hydrogen-bond donors (Lipinski definition) is 2. The summed E-state index contributed by atoms with van der Waals surface area (Å²) in [4.78, 5) is 22.3. The Morgan fingerprint density at radius 1 is 1.35 bits per heavy atom. The molecule has 0 radical (unpaired) electrons. The van der Waals surface area contributed by atoms with Crippen molar-refractivity contribution in [3.63, 3.8) is 0 Å². The van der Waals surface area contributed by atoms with Crippen LogP contribution in [0.3, 0.4) is 0 Å². The summed E-state index contributed by atoms with van der Waals surface area (Å²) in [6, 6.07) is 3.13. The number of nitro benzene ring substituents is 1. The Labute approximate surface area is 117 Å². The van der Waals surface area contributed by atoms with Crippen molar-refractivity contribution < 1.29 is 9.72 Å². The molecule has 2 rings (SSSR count). The second kappa shape index (κ2) is 6.00. The number of carbonyl (C=O) groups excluding carboxylic acids is 1. The van der Waals surface area contributed by atoms with Crippen molar-refractivity contribution in [2.75, 3.05) is 18.4 Å². The van der Waals surface area contributed by atoms with Gasteiger partial charge in [-0.25, -0.2) is 0 Å². The van der Waals surface area contributed by atoms with Crippen LogP contribution in [0.1, 0.15) is 24.0 Å². The lowest BCUT2D eigenvalue weighted by molar-refractivity contribution is -0.385. The standard InChI is InChI=1S/C14H19N3O3/c1-9-5-10(2)13(17(19)20)6-12(9)16-14(18)8-15-7-11-3-4-11/h5-6,11,15H,3-4,7-8H2,1-2H3,(H,16,18). The Hall–Kier alpha value is -1.95. The number of benzene rings is 1. The van der Waals surface area contributed by atoms with E-state index in [1.165, 1.54) is 18.9 Å². The number of hydrogen-bond acceptors (Lipinski definition) is 4. The zero-order valence-electron chi connectivity index (χ0n) is 11.7. The molecule has 0 aliphatic heterocycles. The molecule has 0 spiro atoms. The minimum Gasteiger partial charge on any atom is -0.324 e. The lowest BCUT2D eigenvalue weighted by Crippen LogP contribution is -2.29. The summed E-state index contributed by atoms with van der Waals surface area (Å²) in [5.74, 6) is 0.539. The van der Waals surface area contributed by atoms with Gasteiger partial charge in [0.25, 0.3) is 5.69 Å². The number of anilines is 1. The minimum absolute atomic E-state index is 0.0249. The molecule has 1 fully saturated rings. The van der Waals surface area contributed by atoms with Crippen LogP contribution >= 0.6 is 0 Å². The normalized spacial score (nSPS) is 14.1. The molecule has 0 aromatic heterocycles. The van der Waals surface area contributed by atoms with Crippen molar-refractivity contribution in [2.24, 2.45) is 5.92 Å². The van der Waals surface area contributed by atoms with Gasteiger partial charge < -0.3 is 10.6 Å². The van der Waals surface area contributed by atoms with Crippen molar-refractivity contribution >= 4 is 17.3 Å². The van der Waals surface area contributed by atoms with Gasteiger partial charge in [-0.2, -0.15) is 0 Å². The summed E-state index contributed by atoms with van der Waals surface area (Å²) in [5.41, 5.74) is 1.94. The van der Waals surface area contributed by atoms with Crippen LogP contribution in [-0.4, -0.2) is 23.9 Å². The van der Waals surface area contributed by atoms with Gasteiger partial charge in [-0.15, -0.1) is 0 Å². The Kier molecular flexibility index (Phi) is 4.34. The summed E-state index contributed by atoms with van der Waals surface area (Å²) in [6.45, 7) is 4.61. The highest BCUT2D eigenvalue weighted by molar-refractivity contribution is 5.93. The van der Waals surface area contributed by atoms with Crippen molar-refractivity contribution in [2.45, 2.75) is 26.7 Å². The largest absolute Gasteiger partial charge is 0.324 e. The molecule has 6 nitrogen and oxygen atoms in total. The first-order valence-electron chi connectivity index (χ1n) is 6.73. The van der Waals surface area contributed by atoms with Gasteiger partial charge in [-0.1, -0.05) is 0 Å². The van der Waals surface area contributed by atoms with Crippen LogP contribution in [0.5, 0.6) is 0 Å². The quantitative estimate of drug-likeness (QED) is 0.616. The molecule has 2 N–H and O–H groups in total. The molecule has 1 aromatic carbocycles. The molecule has 0 atom stereocenters. The first-order valence-corrected chi connectivity index (χ1v) is 6.73. The molecule has 20 heavy (non-hydrogen) atoms. The number of nitrogens with one attached hydrogen (secondary N) is 2. The van der Waals surface area contributed by atoms with Gasteiger partial charge in [0, 0.05) is 11.6 Å². The summed E-state index contributed by atoms with van der Waals surface area (Å²) >= 11 is 0. The molecule has 0 bridgehead atoms. The Morgan fingerprint density at radius 2 is 2.05 bits per heavy atom. The van der Waals surface area contributed by atoms with Crippen LogP contribution in [-0.2, 0) is 4.79 Å². The molecule has 1 amide bonds. The molecular formula is C14H19N3O3. The van der Waals surface area contributed by atoms with Gasteiger partial charge in [0.1, 0.15) is 0 Å². The molecule has 1 saturated carbocycles. The molecule has 0 unspecified atom stereocenters. The van der Waals surface area contributed by atoms with Gasteiger partial charge in [0.15, 0.2) is 0 Å². The molecule has 6 heteroatoms. The van der Waals surface area contributed by atoms with E-state index in [1.807, 2.05) is 6.92 Å². The lowest BCUT2D eigenvalue weighted by atomic mass is 10.1. The Balaban J connectivity index is 1.98. The van der Waals surface area contributed by atoms with Gasteiger partial charge in [0.05, 0.1) is 17.2 Å². The smallest absolute Gasteiger partial charge is 0.274 e. The van der Waals surface area contributed by atoms with Crippen molar-refractivity contribution in [1.29, 1.82) is 0 Å². The van der Waals surface area contributed by atoms with Crippen molar-refractivity contribution in [1.82, 2.24) is 5.32 Å². The van der Waals surface area contributed by atoms with Crippen LogP contribution < -0.4 is 10.6 Å². The second-order valence-electron chi connectivity index (χ2n) is 5.33. The average molecular weight is 277 g/mol.